The van der Waals surface area contributed by atoms with Crippen LogP contribution in [0.3, 0.4) is 0 Å². The summed E-state index contributed by atoms with van der Waals surface area (Å²) in [6.07, 6.45) is 0. The van der Waals surface area contributed by atoms with Crippen LogP contribution < -0.4 is 0 Å². The van der Waals surface area contributed by atoms with Gasteiger partial charge in [0.1, 0.15) is 0 Å². The van der Waals surface area contributed by atoms with Crippen LogP contribution >= 0.6 is 0 Å². The van der Waals surface area contributed by atoms with Gasteiger partial charge in [-0.2, -0.15) is 0 Å². The molecule has 0 saturated carbocycles. The highest BCUT2D eigenvalue weighted by Crippen LogP contribution is 1.42. The fourth-order valence-corrected chi connectivity index (χ4v) is 0. The van der Waals surface area contributed by atoms with Gasteiger partial charge in [0.2, 0.25) is 0 Å². The SMILES string of the molecule is CC(=O)O.CC(=O)O.O=CO. The molecule has 3 N–H and O–H groups in total. The van der Waals surface area contributed by atoms with Gasteiger partial charge < -0.3 is 15.3 Å². The van der Waals surface area contributed by atoms with E-state index in [1.165, 1.54) is 0 Å². The molecule has 0 amide bonds. The van der Waals surface area contributed by atoms with Crippen LogP contribution in [0, 0.1) is 0 Å². The summed E-state index contributed by atoms with van der Waals surface area (Å²) in [6.45, 7) is 1.92. The zero-order chi connectivity index (χ0) is 9.86. The van der Waals surface area contributed by atoms with Crippen molar-refractivity contribution >= 4 is 18.4 Å². The van der Waals surface area contributed by atoms with Gasteiger partial charge >= 0.3 is 0 Å². The molecular weight excluding hydrogens is 156 g/mol. The first-order chi connectivity index (χ1) is 4.88. The number of rotatable bonds is 0. The molecule has 0 aromatic carbocycles. The van der Waals surface area contributed by atoms with Crippen LogP contribution in [0.4, 0.5) is 0 Å². The van der Waals surface area contributed by atoms with Gasteiger partial charge in [-0.05, 0) is 0 Å². The minimum absolute atomic E-state index is 0.250. The van der Waals surface area contributed by atoms with E-state index in [4.69, 9.17) is 29.7 Å². The van der Waals surface area contributed by atoms with Gasteiger partial charge in [0.15, 0.2) is 0 Å². The number of hydrogen-bond donors (Lipinski definition) is 3. The Morgan fingerprint density at radius 1 is 1.09 bits per heavy atom. The van der Waals surface area contributed by atoms with E-state index in [2.05, 4.69) is 0 Å². The summed E-state index contributed by atoms with van der Waals surface area (Å²) in [6, 6.07) is 0. The average molecular weight is 166 g/mol. The van der Waals surface area contributed by atoms with Crippen LogP contribution in [0.1, 0.15) is 13.8 Å². The van der Waals surface area contributed by atoms with E-state index in [-0.39, 0.29) is 6.47 Å². The molecule has 0 radical (unpaired) electrons. The van der Waals surface area contributed by atoms with Crippen LogP contribution in [0.2, 0.25) is 0 Å². The van der Waals surface area contributed by atoms with E-state index in [1.807, 2.05) is 0 Å². The van der Waals surface area contributed by atoms with E-state index in [9.17, 15) is 0 Å². The standard InChI is InChI=1S/2C2H4O2.CH2O2/c2*1-2(3)4;2-1-3/h2*1H3,(H,3,4);1H,(H,2,3). The van der Waals surface area contributed by atoms with E-state index in [0.29, 0.717) is 0 Å². The third kappa shape index (κ3) is 137. The van der Waals surface area contributed by atoms with E-state index in [0.717, 1.165) is 13.8 Å². The summed E-state index contributed by atoms with van der Waals surface area (Å²) in [5.74, 6) is -1.67. The first-order valence-corrected chi connectivity index (χ1v) is 2.35. The van der Waals surface area contributed by atoms with Gasteiger partial charge in [-0.1, -0.05) is 0 Å². The molecule has 0 fully saturated rings. The van der Waals surface area contributed by atoms with Crippen molar-refractivity contribution in [1.29, 1.82) is 0 Å². The lowest BCUT2D eigenvalue weighted by molar-refractivity contribution is -0.135. The number of carboxylic acids is 2. The maximum Gasteiger partial charge on any atom is 0.300 e. The van der Waals surface area contributed by atoms with Crippen molar-refractivity contribution in [2.75, 3.05) is 0 Å². The Bertz CT molecular complexity index is 98.1. The molecule has 6 nitrogen and oxygen atoms in total. The van der Waals surface area contributed by atoms with Crippen molar-refractivity contribution in [3.63, 3.8) is 0 Å². The second kappa shape index (κ2) is 15.8. The summed E-state index contributed by atoms with van der Waals surface area (Å²) in [5, 5.41) is 21.7. The maximum atomic E-state index is 9.00. The minimum Gasteiger partial charge on any atom is -0.483 e. The summed E-state index contributed by atoms with van der Waals surface area (Å²) in [5.41, 5.74) is 0. The lowest BCUT2D eigenvalue weighted by Crippen LogP contribution is -1.78. The number of hydrogen-bond acceptors (Lipinski definition) is 3. The van der Waals surface area contributed by atoms with Gasteiger partial charge in [-0.25, -0.2) is 0 Å². The van der Waals surface area contributed by atoms with Crippen LogP contribution in [-0.4, -0.2) is 33.7 Å². The summed E-state index contributed by atoms with van der Waals surface area (Å²) in [7, 11) is 0. The maximum absolute atomic E-state index is 9.00. The largest absolute Gasteiger partial charge is 0.483 e. The molecule has 0 aromatic heterocycles. The summed E-state index contributed by atoms with van der Waals surface area (Å²) >= 11 is 0. The number of aliphatic carboxylic acids is 2. The number of carboxylic acid groups (broad SMARTS) is 3. The smallest absolute Gasteiger partial charge is 0.300 e. The molecule has 0 aliphatic rings. The molecule has 6 heteroatoms. The zero-order valence-corrected chi connectivity index (χ0v) is 6.14. The van der Waals surface area contributed by atoms with Gasteiger partial charge in [0, 0.05) is 13.8 Å². The monoisotopic (exact) mass is 166 g/mol. The molecule has 0 rings (SSSR count). The molecule has 0 aromatic rings. The Kier molecular flexibility index (Phi) is 23.2. The fourth-order valence-electron chi connectivity index (χ4n) is 0. The van der Waals surface area contributed by atoms with Crippen LogP contribution in [-0.2, 0) is 14.4 Å². The third-order valence-electron chi connectivity index (χ3n) is 0. The zero-order valence-electron chi connectivity index (χ0n) is 6.14. The van der Waals surface area contributed by atoms with Crippen LogP contribution in [0.25, 0.3) is 0 Å². The van der Waals surface area contributed by atoms with E-state index >= 15 is 0 Å². The highest BCUT2D eigenvalue weighted by atomic mass is 16.4. The quantitative estimate of drug-likeness (QED) is 0.432. The molecule has 0 unspecified atom stereocenters. The predicted molar refractivity (Wildman–Crippen MR) is 35.3 cm³/mol. The Balaban J connectivity index is -0.0000000886. The Labute approximate surface area is 63.1 Å². The van der Waals surface area contributed by atoms with Gasteiger partial charge in [0.25, 0.3) is 18.4 Å². The molecule has 0 saturated heterocycles. The molecule has 66 valence electrons. The summed E-state index contributed by atoms with van der Waals surface area (Å²) < 4.78 is 0. The Morgan fingerprint density at radius 2 is 1.09 bits per heavy atom. The lowest BCUT2D eigenvalue weighted by atomic mass is 10.9. The minimum atomic E-state index is -0.833. The van der Waals surface area contributed by atoms with Crippen molar-refractivity contribution < 1.29 is 29.7 Å². The van der Waals surface area contributed by atoms with Gasteiger partial charge in [-0.3, -0.25) is 14.4 Å². The summed E-state index contributed by atoms with van der Waals surface area (Å²) in [4.78, 5) is 26.4. The lowest BCUT2D eigenvalue weighted by Gasteiger charge is -1.59. The molecule has 0 heterocycles. The molecule has 11 heavy (non-hydrogen) atoms. The highest BCUT2D eigenvalue weighted by molar-refractivity contribution is 5.63. The molecule has 0 spiro atoms. The fraction of sp³-hybridized carbons (Fsp3) is 0.400. The first-order valence-electron chi connectivity index (χ1n) is 2.35. The topological polar surface area (TPSA) is 112 Å². The second-order valence-corrected chi connectivity index (χ2v) is 1.14. The van der Waals surface area contributed by atoms with Crippen molar-refractivity contribution in [2.24, 2.45) is 0 Å². The molecule has 0 aliphatic carbocycles. The molecule has 0 bridgehead atoms. The Morgan fingerprint density at radius 3 is 1.09 bits per heavy atom. The highest BCUT2D eigenvalue weighted by Gasteiger charge is 1.65. The molecule has 0 aliphatic heterocycles. The Hall–Kier alpha value is -1.59. The normalized spacial score (nSPS) is 5.64. The molecular formula is C5H10O6. The van der Waals surface area contributed by atoms with Crippen molar-refractivity contribution in [3.05, 3.63) is 0 Å². The second-order valence-electron chi connectivity index (χ2n) is 1.14. The first kappa shape index (κ1) is 16.2. The average Bonchev–Trinajstić information content (AvgIpc) is 1.60. The van der Waals surface area contributed by atoms with Crippen molar-refractivity contribution in [2.45, 2.75) is 13.8 Å². The molecule has 0 atom stereocenters. The van der Waals surface area contributed by atoms with Crippen LogP contribution in [0.15, 0.2) is 0 Å². The van der Waals surface area contributed by atoms with Crippen molar-refractivity contribution in [1.82, 2.24) is 0 Å². The van der Waals surface area contributed by atoms with Gasteiger partial charge in [0.05, 0.1) is 0 Å². The van der Waals surface area contributed by atoms with Crippen molar-refractivity contribution in [3.8, 4) is 0 Å². The van der Waals surface area contributed by atoms with Crippen LogP contribution in [0.5, 0.6) is 0 Å². The van der Waals surface area contributed by atoms with E-state index in [1.54, 1.807) is 0 Å². The number of carbonyl (C=O) groups is 3. The predicted octanol–water partition coefficient (Wildman–Crippen LogP) is -0.117. The van der Waals surface area contributed by atoms with Gasteiger partial charge in [-0.15, -0.1) is 0 Å². The third-order valence-corrected chi connectivity index (χ3v) is 0. The van der Waals surface area contributed by atoms with E-state index < -0.39 is 11.9 Å².